The Balaban J connectivity index is 1.41. The van der Waals surface area contributed by atoms with Crippen LogP contribution in [-0.2, 0) is 27.5 Å². The largest absolute Gasteiger partial charge is 0.309 e. The fraction of sp³-hybridized carbons (Fsp3) is 0.273. The van der Waals surface area contributed by atoms with Crippen molar-refractivity contribution in [3.63, 3.8) is 0 Å². The number of anilines is 1. The lowest BCUT2D eigenvalue weighted by atomic mass is 10.1. The molecule has 0 atom stereocenters. The highest BCUT2D eigenvalue weighted by atomic mass is 32.2. The quantitative estimate of drug-likeness (QED) is 0.676. The molecule has 1 aliphatic rings. The summed E-state index contributed by atoms with van der Waals surface area (Å²) in [7, 11) is -3.50. The summed E-state index contributed by atoms with van der Waals surface area (Å²) in [5.74, 6) is -0.152. The van der Waals surface area contributed by atoms with Gasteiger partial charge in [-0.25, -0.2) is 13.1 Å². The molecule has 0 aliphatic heterocycles. The van der Waals surface area contributed by atoms with Gasteiger partial charge in [-0.2, -0.15) is 0 Å². The third-order valence-electron chi connectivity index (χ3n) is 5.20. The molecule has 0 fully saturated rings. The van der Waals surface area contributed by atoms with Gasteiger partial charge in [0.15, 0.2) is 15.7 Å². The van der Waals surface area contributed by atoms with Crippen LogP contribution in [0.2, 0.25) is 0 Å². The zero-order chi connectivity index (χ0) is 20.4. The Morgan fingerprint density at radius 3 is 2.66 bits per heavy atom. The molecule has 0 radical (unpaired) electrons. The number of nitrogens with one attached hydrogen (secondary N) is 1. The molecule has 7 heteroatoms. The zero-order valence-electron chi connectivity index (χ0n) is 16.3. The molecule has 1 aliphatic carbocycles. The standard InChI is InChI=1S/C22H23N3O3S/c1-16-15-25(19-8-3-2-4-9-19)24-22(16)23-21(26)12-13-29(27,28)20-11-10-17-6-5-7-18(17)14-20/h2-4,8-11,14-15H,5-7,12-13H2,1H3,(H,23,24,26). The molecule has 6 nitrogen and oxygen atoms in total. The molecule has 0 saturated carbocycles. The van der Waals surface area contributed by atoms with Gasteiger partial charge in [0, 0.05) is 18.2 Å². The van der Waals surface area contributed by atoms with Gasteiger partial charge in [0.1, 0.15) is 0 Å². The second-order valence-corrected chi connectivity index (χ2v) is 9.45. The molecule has 0 bridgehead atoms. The van der Waals surface area contributed by atoms with E-state index in [4.69, 9.17) is 0 Å². The third-order valence-corrected chi connectivity index (χ3v) is 6.92. The number of hydrogen-bond acceptors (Lipinski definition) is 4. The molecule has 29 heavy (non-hydrogen) atoms. The van der Waals surface area contributed by atoms with Gasteiger partial charge in [-0.1, -0.05) is 24.3 Å². The highest BCUT2D eigenvalue weighted by molar-refractivity contribution is 7.91. The number of aromatic nitrogens is 2. The maximum absolute atomic E-state index is 12.6. The summed E-state index contributed by atoms with van der Waals surface area (Å²) in [4.78, 5) is 12.7. The highest BCUT2D eigenvalue weighted by Gasteiger charge is 2.20. The average molecular weight is 410 g/mol. The summed E-state index contributed by atoms with van der Waals surface area (Å²) in [6.45, 7) is 1.85. The molecule has 4 rings (SSSR count). The van der Waals surface area contributed by atoms with Crippen molar-refractivity contribution in [3.05, 3.63) is 71.4 Å². The van der Waals surface area contributed by atoms with E-state index in [0.717, 1.165) is 36.1 Å². The first-order valence-electron chi connectivity index (χ1n) is 9.68. The van der Waals surface area contributed by atoms with Crippen LogP contribution in [0, 0.1) is 6.92 Å². The maximum atomic E-state index is 12.6. The second-order valence-electron chi connectivity index (χ2n) is 7.34. The normalized spacial score (nSPS) is 13.3. The van der Waals surface area contributed by atoms with Gasteiger partial charge in [0.2, 0.25) is 5.91 Å². The molecule has 2 aromatic carbocycles. The summed E-state index contributed by atoms with van der Waals surface area (Å²) < 4.78 is 27.0. The molecule has 1 N–H and O–H groups in total. The van der Waals surface area contributed by atoms with Crippen molar-refractivity contribution in [3.8, 4) is 5.69 Å². The van der Waals surface area contributed by atoms with Crippen LogP contribution in [0.3, 0.4) is 0 Å². The molecule has 3 aromatic rings. The number of hydrogen-bond donors (Lipinski definition) is 1. The summed E-state index contributed by atoms with van der Waals surface area (Å²) in [5, 5.41) is 7.13. The van der Waals surface area contributed by atoms with Crippen molar-refractivity contribution in [1.82, 2.24) is 9.78 Å². The SMILES string of the molecule is Cc1cn(-c2ccccc2)nc1NC(=O)CCS(=O)(=O)c1ccc2c(c1)CCC2. The van der Waals surface area contributed by atoms with Crippen LogP contribution in [0.15, 0.2) is 59.6 Å². The van der Waals surface area contributed by atoms with Crippen molar-refractivity contribution in [2.24, 2.45) is 0 Å². The predicted octanol–water partition coefficient (Wildman–Crippen LogP) is 3.47. The Bertz CT molecular complexity index is 1150. The number of carbonyl (C=O) groups is 1. The minimum atomic E-state index is -3.50. The smallest absolute Gasteiger partial charge is 0.226 e. The second kappa shape index (κ2) is 7.83. The Morgan fingerprint density at radius 1 is 1.10 bits per heavy atom. The van der Waals surface area contributed by atoms with Crippen LogP contribution in [0.4, 0.5) is 5.82 Å². The summed E-state index contributed by atoms with van der Waals surface area (Å²) in [6, 6.07) is 14.9. The van der Waals surface area contributed by atoms with Crippen molar-refractivity contribution in [2.45, 2.75) is 37.5 Å². The van der Waals surface area contributed by atoms with E-state index in [1.165, 1.54) is 5.56 Å². The lowest BCUT2D eigenvalue weighted by Crippen LogP contribution is -2.18. The van der Waals surface area contributed by atoms with E-state index in [0.29, 0.717) is 10.7 Å². The Kier molecular flexibility index (Phi) is 5.24. The lowest BCUT2D eigenvalue weighted by molar-refractivity contribution is -0.115. The Hall–Kier alpha value is -2.93. The number of amides is 1. The van der Waals surface area contributed by atoms with E-state index in [9.17, 15) is 13.2 Å². The third kappa shape index (κ3) is 4.24. The summed E-state index contributed by atoms with van der Waals surface area (Å²) in [6.07, 6.45) is 4.70. The van der Waals surface area contributed by atoms with Gasteiger partial charge in [-0.05, 0) is 61.6 Å². The molecule has 0 saturated heterocycles. The average Bonchev–Trinajstić information content (AvgIpc) is 3.33. The highest BCUT2D eigenvalue weighted by Crippen LogP contribution is 2.25. The van der Waals surface area contributed by atoms with E-state index < -0.39 is 9.84 Å². The van der Waals surface area contributed by atoms with E-state index in [2.05, 4.69) is 10.4 Å². The Labute approximate surface area is 170 Å². The van der Waals surface area contributed by atoms with Crippen LogP contribution in [0.5, 0.6) is 0 Å². The van der Waals surface area contributed by atoms with Gasteiger partial charge in [-0.3, -0.25) is 4.79 Å². The van der Waals surface area contributed by atoms with Crippen molar-refractivity contribution in [2.75, 3.05) is 11.1 Å². The zero-order valence-corrected chi connectivity index (χ0v) is 17.1. The lowest BCUT2D eigenvalue weighted by Gasteiger charge is -2.07. The van der Waals surface area contributed by atoms with Gasteiger partial charge >= 0.3 is 0 Å². The van der Waals surface area contributed by atoms with Crippen LogP contribution >= 0.6 is 0 Å². The van der Waals surface area contributed by atoms with Gasteiger partial charge < -0.3 is 5.32 Å². The topological polar surface area (TPSA) is 81.1 Å². The van der Waals surface area contributed by atoms with Crippen molar-refractivity contribution < 1.29 is 13.2 Å². The van der Waals surface area contributed by atoms with Gasteiger partial charge in [0.25, 0.3) is 0 Å². The first kappa shape index (κ1) is 19.4. The molecule has 0 spiro atoms. The fourth-order valence-corrected chi connectivity index (χ4v) is 4.86. The number of rotatable bonds is 6. The first-order valence-corrected chi connectivity index (χ1v) is 11.3. The van der Waals surface area contributed by atoms with E-state index in [-0.39, 0.29) is 18.1 Å². The van der Waals surface area contributed by atoms with Crippen LogP contribution in [-0.4, -0.2) is 29.9 Å². The molecule has 1 aromatic heterocycles. The minimum Gasteiger partial charge on any atom is -0.309 e. The molecular formula is C22H23N3O3S. The fourth-order valence-electron chi connectivity index (χ4n) is 3.58. The van der Waals surface area contributed by atoms with E-state index >= 15 is 0 Å². The Morgan fingerprint density at radius 2 is 1.86 bits per heavy atom. The van der Waals surface area contributed by atoms with Gasteiger partial charge in [-0.15, -0.1) is 5.10 Å². The summed E-state index contributed by atoms with van der Waals surface area (Å²) >= 11 is 0. The molecule has 150 valence electrons. The maximum Gasteiger partial charge on any atom is 0.226 e. The number of sulfone groups is 1. The monoisotopic (exact) mass is 409 g/mol. The number of benzene rings is 2. The molecule has 0 unspecified atom stereocenters. The number of carbonyl (C=O) groups excluding carboxylic acids is 1. The number of aryl methyl sites for hydroxylation is 3. The predicted molar refractivity (Wildman–Crippen MR) is 112 cm³/mol. The number of fused-ring (bicyclic) bond motifs is 1. The number of para-hydroxylation sites is 1. The minimum absolute atomic E-state index is 0.114. The molecular weight excluding hydrogens is 386 g/mol. The first-order chi connectivity index (χ1) is 13.9. The van der Waals surface area contributed by atoms with Crippen LogP contribution in [0.1, 0.15) is 29.5 Å². The molecule has 1 heterocycles. The van der Waals surface area contributed by atoms with Crippen LogP contribution in [0.25, 0.3) is 5.69 Å². The number of nitrogens with zero attached hydrogens (tertiary/aromatic N) is 2. The van der Waals surface area contributed by atoms with Crippen LogP contribution < -0.4 is 5.32 Å². The van der Waals surface area contributed by atoms with E-state index in [1.807, 2.05) is 49.5 Å². The van der Waals surface area contributed by atoms with Crippen molar-refractivity contribution >= 4 is 21.6 Å². The van der Waals surface area contributed by atoms with Gasteiger partial charge in [0.05, 0.1) is 16.3 Å². The molecule has 1 amide bonds. The summed E-state index contributed by atoms with van der Waals surface area (Å²) in [5.41, 5.74) is 4.03. The van der Waals surface area contributed by atoms with Crippen molar-refractivity contribution in [1.29, 1.82) is 0 Å². The van der Waals surface area contributed by atoms with E-state index in [1.54, 1.807) is 16.8 Å².